The highest BCUT2D eigenvalue weighted by Crippen LogP contribution is 2.45. The summed E-state index contributed by atoms with van der Waals surface area (Å²) in [5.74, 6) is -0.636. The van der Waals surface area contributed by atoms with E-state index in [1.54, 1.807) is 0 Å². The van der Waals surface area contributed by atoms with E-state index in [1.807, 2.05) is 0 Å². The predicted octanol–water partition coefficient (Wildman–Crippen LogP) is 25.8. The van der Waals surface area contributed by atoms with Crippen molar-refractivity contribution in [3.8, 4) is 0 Å². The fraction of sp³-hybridized carbons (Fsp3) is 0.953. The Bertz CT molecular complexity index is 1990. The Morgan fingerprint density at radius 2 is 0.442 bits per heavy atom. The zero-order chi connectivity index (χ0) is 76.4. The molecule has 2 unspecified atom stereocenters. The quantitative estimate of drug-likeness (QED) is 0.0222. The summed E-state index contributed by atoms with van der Waals surface area (Å²) in [6.45, 7) is 9.60. The van der Waals surface area contributed by atoms with Crippen molar-refractivity contribution in [2.24, 2.45) is 11.8 Å². The van der Waals surface area contributed by atoms with Gasteiger partial charge in [-0.15, -0.1) is 0 Å². The summed E-state index contributed by atoms with van der Waals surface area (Å²) < 4.78 is 68.8. The zero-order valence-corrected chi connectivity index (χ0v) is 70.1. The third kappa shape index (κ3) is 78.2. The average Bonchev–Trinajstić information content (AvgIpc) is 0.909. The number of carbonyl (C=O) groups is 4. The molecule has 0 fully saturated rings. The van der Waals surface area contributed by atoms with Crippen LogP contribution < -0.4 is 0 Å². The minimum absolute atomic E-state index is 0.106. The molecule has 3 N–H and O–H groups in total. The molecular weight excluding hydrogens is 1350 g/mol. The Morgan fingerprint density at radius 1 is 0.260 bits per heavy atom. The molecule has 0 spiro atoms. The van der Waals surface area contributed by atoms with Crippen LogP contribution in [-0.2, 0) is 65.4 Å². The maximum Gasteiger partial charge on any atom is 0.472 e. The van der Waals surface area contributed by atoms with Gasteiger partial charge in [-0.25, -0.2) is 9.13 Å². The maximum atomic E-state index is 13.1. The molecular formula is C85H166O17P2. The van der Waals surface area contributed by atoms with Crippen LogP contribution in [0.1, 0.15) is 452 Å². The van der Waals surface area contributed by atoms with Crippen LogP contribution in [0.15, 0.2) is 0 Å². The van der Waals surface area contributed by atoms with Crippen molar-refractivity contribution in [3.05, 3.63) is 0 Å². The normalized spacial score (nSPS) is 13.8. The van der Waals surface area contributed by atoms with E-state index in [9.17, 15) is 43.2 Å². The number of phosphoric ester groups is 2. The van der Waals surface area contributed by atoms with Crippen LogP contribution in [0.2, 0.25) is 0 Å². The van der Waals surface area contributed by atoms with Gasteiger partial charge in [-0.3, -0.25) is 37.3 Å². The van der Waals surface area contributed by atoms with Gasteiger partial charge < -0.3 is 33.8 Å². The number of ether oxygens (including phenoxy) is 4. The van der Waals surface area contributed by atoms with Crippen LogP contribution in [0.3, 0.4) is 0 Å². The van der Waals surface area contributed by atoms with Crippen LogP contribution in [0.4, 0.5) is 0 Å². The van der Waals surface area contributed by atoms with Gasteiger partial charge in [0, 0.05) is 25.7 Å². The number of phosphoric acid groups is 2. The van der Waals surface area contributed by atoms with Gasteiger partial charge in [0.1, 0.15) is 19.3 Å². The first-order valence-electron chi connectivity index (χ1n) is 44.0. The molecule has 0 saturated heterocycles. The predicted molar refractivity (Wildman–Crippen MR) is 428 cm³/mol. The van der Waals surface area contributed by atoms with Crippen molar-refractivity contribution in [2.45, 2.75) is 471 Å². The Kier molecular flexibility index (Phi) is 75.0. The number of hydrogen-bond donors (Lipinski definition) is 3. The average molecular weight is 1520 g/mol. The van der Waals surface area contributed by atoms with Gasteiger partial charge in [0.2, 0.25) is 0 Å². The first-order chi connectivity index (χ1) is 50.4. The summed E-state index contributed by atoms with van der Waals surface area (Å²) in [5, 5.41) is 10.7. The third-order valence-corrected chi connectivity index (χ3v) is 21.9. The topological polar surface area (TPSA) is 237 Å². The summed E-state index contributed by atoms with van der Waals surface area (Å²) in [6.07, 6.45) is 68.3. The van der Waals surface area contributed by atoms with Gasteiger partial charge in [0.25, 0.3) is 0 Å². The lowest BCUT2D eigenvalue weighted by molar-refractivity contribution is -0.161. The standard InChI is InChI=1S/C85H166O17P2/c1-7-9-11-13-15-17-19-21-23-25-27-28-29-30-32-34-36-40-44-50-57-63-69-84(89)101-80(73-95-82(87)67-61-55-49-43-39-35-33-31-26-24-22-20-18-16-14-12-10-8-2)75-99-103(91,92)97-71-79(86)72-98-104(93,94)100-76-81(74-96-83(88)68-62-56-52-46-48-54-60-66-78(5)6)102-85(90)70-64-58-51-45-41-37-38-42-47-53-59-65-77(3)4/h77-81,86H,7-76H2,1-6H3,(H,91,92)(H,93,94)/t79-,80-,81-/m1/s1. The number of aliphatic hydroxyl groups is 1. The lowest BCUT2D eigenvalue weighted by atomic mass is 10.0. The number of carbonyl (C=O) groups excluding carboxylic acids is 4. The number of unbranched alkanes of at least 4 members (excludes halogenated alkanes) is 54. The Hall–Kier alpha value is -1.94. The molecule has 17 nitrogen and oxygen atoms in total. The van der Waals surface area contributed by atoms with E-state index < -0.39 is 97.5 Å². The molecule has 0 aliphatic rings. The lowest BCUT2D eigenvalue weighted by Crippen LogP contribution is -2.30. The molecule has 0 aromatic heterocycles. The van der Waals surface area contributed by atoms with Crippen molar-refractivity contribution >= 4 is 39.5 Å². The van der Waals surface area contributed by atoms with E-state index in [1.165, 1.54) is 263 Å². The minimum Gasteiger partial charge on any atom is -0.462 e. The highest BCUT2D eigenvalue weighted by Gasteiger charge is 2.30. The van der Waals surface area contributed by atoms with Gasteiger partial charge >= 0.3 is 39.5 Å². The van der Waals surface area contributed by atoms with E-state index in [-0.39, 0.29) is 25.7 Å². The molecule has 5 atom stereocenters. The van der Waals surface area contributed by atoms with Crippen molar-refractivity contribution in [1.82, 2.24) is 0 Å². The van der Waals surface area contributed by atoms with E-state index in [4.69, 9.17) is 37.0 Å². The minimum atomic E-state index is -4.97. The van der Waals surface area contributed by atoms with E-state index in [2.05, 4.69) is 41.5 Å². The van der Waals surface area contributed by atoms with Crippen LogP contribution in [0.25, 0.3) is 0 Å². The van der Waals surface area contributed by atoms with Gasteiger partial charge in [0.15, 0.2) is 12.2 Å². The second-order valence-corrected chi connectivity index (χ2v) is 34.4. The lowest BCUT2D eigenvalue weighted by Gasteiger charge is -2.21. The molecule has 618 valence electrons. The number of rotatable bonds is 84. The molecule has 19 heteroatoms. The molecule has 0 bridgehead atoms. The second kappa shape index (κ2) is 76.4. The molecule has 0 aliphatic carbocycles. The van der Waals surface area contributed by atoms with E-state index in [0.29, 0.717) is 31.6 Å². The number of aliphatic hydroxyl groups excluding tert-OH is 1. The summed E-state index contributed by atoms with van der Waals surface area (Å²) in [5.41, 5.74) is 0. The highest BCUT2D eigenvalue weighted by molar-refractivity contribution is 7.47. The molecule has 0 amide bonds. The molecule has 0 heterocycles. The number of esters is 4. The van der Waals surface area contributed by atoms with Crippen molar-refractivity contribution in [1.29, 1.82) is 0 Å². The summed E-state index contributed by atoms with van der Waals surface area (Å²) >= 11 is 0. The largest absolute Gasteiger partial charge is 0.472 e. The molecule has 0 aromatic carbocycles. The van der Waals surface area contributed by atoms with Crippen LogP contribution in [0.5, 0.6) is 0 Å². The Labute approximate surface area is 638 Å². The second-order valence-electron chi connectivity index (χ2n) is 31.5. The third-order valence-electron chi connectivity index (χ3n) is 20.0. The fourth-order valence-corrected chi connectivity index (χ4v) is 14.8. The fourth-order valence-electron chi connectivity index (χ4n) is 13.2. The van der Waals surface area contributed by atoms with Crippen LogP contribution in [-0.4, -0.2) is 96.7 Å². The van der Waals surface area contributed by atoms with Crippen LogP contribution in [0, 0.1) is 11.8 Å². The molecule has 0 aliphatic heterocycles. The summed E-state index contributed by atoms with van der Waals surface area (Å²) in [4.78, 5) is 73.1. The van der Waals surface area contributed by atoms with Gasteiger partial charge in [0.05, 0.1) is 26.4 Å². The molecule has 0 saturated carbocycles. The molecule has 0 radical (unpaired) electrons. The van der Waals surface area contributed by atoms with Crippen molar-refractivity contribution < 1.29 is 80.2 Å². The van der Waals surface area contributed by atoms with Crippen molar-refractivity contribution in [3.63, 3.8) is 0 Å². The van der Waals surface area contributed by atoms with E-state index in [0.717, 1.165) is 102 Å². The van der Waals surface area contributed by atoms with Gasteiger partial charge in [-0.1, -0.05) is 401 Å². The monoisotopic (exact) mass is 1520 g/mol. The summed E-state index contributed by atoms with van der Waals surface area (Å²) in [6, 6.07) is 0. The first-order valence-corrected chi connectivity index (χ1v) is 47.0. The number of hydrogen-bond acceptors (Lipinski definition) is 15. The molecule has 0 aromatic rings. The Balaban J connectivity index is 5.21. The first kappa shape index (κ1) is 102. The highest BCUT2D eigenvalue weighted by atomic mass is 31.2. The molecule has 0 rings (SSSR count). The Morgan fingerprint density at radius 3 is 0.654 bits per heavy atom. The van der Waals surface area contributed by atoms with E-state index >= 15 is 0 Å². The smallest absolute Gasteiger partial charge is 0.462 e. The SMILES string of the molecule is CCCCCCCCCCCCCCCCCCCCCCCCC(=O)O[C@H](COC(=O)CCCCCCCCCCCCCCCCCCCC)COP(=O)(O)OC[C@@H](O)COP(=O)(O)OC[C@@H](COC(=O)CCCCCCCCCC(C)C)OC(=O)CCCCCCCCCCCCCC(C)C. The van der Waals surface area contributed by atoms with Crippen LogP contribution >= 0.6 is 15.6 Å². The van der Waals surface area contributed by atoms with Gasteiger partial charge in [-0.2, -0.15) is 0 Å². The summed E-state index contributed by atoms with van der Waals surface area (Å²) in [7, 11) is -9.93. The molecule has 104 heavy (non-hydrogen) atoms. The van der Waals surface area contributed by atoms with Gasteiger partial charge in [-0.05, 0) is 37.5 Å². The van der Waals surface area contributed by atoms with Crippen molar-refractivity contribution in [2.75, 3.05) is 39.6 Å². The zero-order valence-electron chi connectivity index (χ0n) is 68.3. The maximum absolute atomic E-state index is 13.1.